The topological polar surface area (TPSA) is 52.6 Å². The summed E-state index contributed by atoms with van der Waals surface area (Å²) in [6.45, 7) is 2.72. The summed E-state index contributed by atoms with van der Waals surface area (Å²) in [6, 6.07) is 14.3. The van der Waals surface area contributed by atoms with E-state index in [0.29, 0.717) is 17.2 Å². The van der Waals surface area contributed by atoms with Gasteiger partial charge in [-0.3, -0.25) is 9.59 Å². The monoisotopic (exact) mass is 332 g/mol. The molecule has 23 heavy (non-hydrogen) atoms. The van der Waals surface area contributed by atoms with Gasteiger partial charge in [0, 0.05) is 25.3 Å². The van der Waals surface area contributed by atoms with Crippen molar-refractivity contribution in [1.82, 2.24) is 0 Å². The lowest BCUT2D eigenvalue weighted by molar-refractivity contribution is -0.146. The van der Waals surface area contributed by atoms with E-state index in [4.69, 9.17) is 21.1 Å². The molecule has 0 aromatic heterocycles. The second kappa shape index (κ2) is 7.79. The van der Waals surface area contributed by atoms with E-state index in [1.165, 1.54) is 13.8 Å². The predicted molar refractivity (Wildman–Crippen MR) is 87.4 cm³/mol. The highest BCUT2D eigenvalue weighted by Gasteiger charge is 2.16. The SMILES string of the molecule is CC(=O)Oc1cccc(CC(OC(C)=O)c2ccc(Cl)cc2)c1. The molecular formula is C18H17ClO4. The summed E-state index contributed by atoms with van der Waals surface area (Å²) < 4.78 is 10.5. The number of hydrogen-bond acceptors (Lipinski definition) is 4. The van der Waals surface area contributed by atoms with Crippen LogP contribution in [0, 0.1) is 0 Å². The van der Waals surface area contributed by atoms with E-state index < -0.39 is 6.10 Å². The molecule has 0 saturated heterocycles. The predicted octanol–water partition coefficient (Wildman–Crippen LogP) is 4.11. The Morgan fingerprint density at radius 2 is 1.74 bits per heavy atom. The summed E-state index contributed by atoms with van der Waals surface area (Å²) in [5.41, 5.74) is 1.74. The lowest BCUT2D eigenvalue weighted by Gasteiger charge is -2.18. The maximum atomic E-state index is 11.4. The first-order chi connectivity index (χ1) is 10.9. The second-order valence-electron chi connectivity index (χ2n) is 5.09. The van der Waals surface area contributed by atoms with Gasteiger partial charge in [0.05, 0.1) is 0 Å². The Kier molecular flexibility index (Phi) is 5.77. The van der Waals surface area contributed by atoms with Crippen LogP contribution in [-0.4, -0.2) is 11.9 Å². The first kappa shape index (κ1) is 17.0. The number of benzene rings is 2. The Morgan fingerprint density at radius 3 is 2.35 bits per heavy atom. The number of halogens is 1. The quantitative estimate of drug-likeness (QED) is 0.610. The molecule has 0 aliphatic rings. The van der Waals surface area contributed by atoms with E-state index >= 15 is 0 Å². The number of hydrogen-bond donors (Lipinski definition) is 0. The molecule has 0 amide bonds. The van der Waals surface area contributed by atoms with Gasteiger partial charge in [-0.15, -0.1) is 0 Å². The van der Waals surface area contributed by atoms with Gasteiger partial charge in [0.2, 0.25) is 0 Å². The number of carbonyl (C=O) groups is 2. The summed E-state index contributed by atoms with van der Waals surface area (Å²) in [5, 5.41) is 0.618. The van der Waals surface area contributed by atoms with Crippen molar-refractivity contribution in [2.45, 2.75) is 26.4 Å². The smallest absolute Gasteiger partial charge is 0.308 e. The minimum absolute atomic E-state index is 0.360. The van der Waals surface area contributed by atoms with Crippen LogP contribution in [0.3, 0.4) is 0 Å². The number of rotatable bonds is 5. The summed E-state index contributed by atoms with van der Waals surface area (Å²) >= 11 is 5.90. The lowest BCUT2D eigenvalue weighted by Crippen LogP contribution is -2.11. The van der Waals surface area contributed by atoms with Crippen molar-refractivity contribution in [3.63, 3.8) is 0 Å². The molecule has 2 aromatic carbocycles. The number of carbonyl (C=O) groups excluding carboxylic acids is 2. The fourth-order valence-electron chi connectivity index (χ4n) is 2.22. The van der Waals surface area contributed by atoms with Gasteiger partial charge in [-0.25, -0.2) is 0 Å². The Balaban J connectivity index is 2.22. The molecule has 2 aromatic rings. The molecule has 0 aliphatic heterocycles. The summed E-state index contributed by atoms with van der Waals surface area (Å²) in [6.07, 6.45) is 0.0356. The van der Waals surface area contributed by atoms with Crippen molar-refractivity contribution >= 4 is 23.5 Å². The molecule has 1 atom stereocenters. The molecule has 0 heterocycles. The third kappa shape index (κ3) is 5.42. The van der Waals surface area contributed by atoms with Crippen molar-refractivity contribution in [3.8, 4) is 5.75 Å². The van der Waals surface area contributed by atoms with Crippen LogP contribution in [0.1, 0.15) is 31.1 Å². The molecule has 0 radical (unpaired) electrons. The van der Waals surface area contributed by atoms with Gasteiger partial charge in [-0.2, -0.15) is 0 Å². The van der Waals surface area contributed by atoms with Crippen LogP contribution in [0.25, 0.3) is 0 Å². The van der Waals surface area contributed by atoms with Gasteiger partial charge in [-0.05, 0) is 35.4 Å². The summed E-state index contributed by atoms with van der Waals surface area (Å²) in [5.74, 6) is -0.273. The van der Waals surface area contributed by atoms with E-state index in [9.17, 15) is 9.59 Å². The van der Waals surface area contributed by atoms with Crippen molar-refractivity contribution in [3.05, 3.63) is 64.7 Å². The van der Waals surface area contributed by atoms with Gasteiger partial charge >= 0.3 is 11.9 Å². The van der Waals surface area contributed by atoms with Gasteiger partial charge in [-0.1, -0.05) is 35.9 Å². The maximum Gasteiger partial charge on any atom is 0.308 e. The minimum atomic E-state index is -0.433. The lowest BCUT2D eigenvalue weighted by atomic mass is 10.0. The van der Waals surface area contributed by atoms with Gasteiger partial charge < -0.3 is 9.47 Å². The molecule has 1 unspecified atom stereocenters. The fraction of sp³-hybridized carbons (Fsp3) is 0.222. The highest BCUT2D eigenvalue weighted by molar-refractivity contribution is 6.30. The molecule has 0 fully saturated rings. The van der Waals surface area contributed by atoms with Crippen molar-refractivity contribution in [2.24, 2.45) is 0 Å². The van der Waals surface area contributed by atoms with Crippen LogP contribution in [0.4, 0.5) is 0 Å². The zero-order chi connectivity index (χ0) is 16.8. The molecule has 0 spiro atoms. The van der Waals surface area contributed by atoms with Crippen LogP contribution in [-0.2, 0) is 20.7 Å². The van der Waals surface area contributed by atoms with E-state index in [2.05, 4.69) is 0 Å². The molecule has 2 rings (SSSR count). The van der Waals surface area contributed by atoms with E-state index in [0.717, 1.165) is 11.1 Å². The first-order valence-electron chi connectivity index (χ1n) is 7.14. The standard InChI is InChI=1S/C18H17ClO4/c1-12(20)22-17-5-3-4-14(10-17)11-18(23-13(2)21)15-6-8-16(19)9-7-15/h3-10,18H,11H2,1-2H3. The van der Waals surface area contributed by atoms with Crippen LogP contribution < -0.4 is 4.74 Å². The number of ether oxygens (including phenoxy) is 2. The van der Waals surface area contributed by atoms with Crippen molar-refractivity contribution < 1.29 is 19.1 Å². The summed E-state index contributed by atoms with van der Waals surface area (Å²) in [7, 11) is 0. The highest BCUT2D eigenvalue weighted by Crippen LogP contribution is 2.25. The third-order valence-electron chi connectivity index (χ3n) is 3.13. The fourth-order valence-corrected chi connectivity index (χ4v) is 2.35. The van der Waals surface area contributed by atoms with E-state index in [-0.39, 0.29) is 11.9 Å². The van der Waals surface area contributed by atoms with E-state index in [1.54, 1.807) is 30.3 Å². The third-order valence-corrected chi connectivity index (χ3v) is 3.38. The Morgan fingerprint density at radius 1 is 1.04 bits per heavy atom. The van der Waals surface area contributed by atoms with E-state index in [1.807, 2.05) is 18.2 Å². The molecule has 0 saturated carbocycles. The Bertz CT molecular complexity index is 694. The summed E-state index contributed by atoms with van der Waals surface area (Å²) in [4.78, 5) is 22.4. The van der Waals surface area contributed by atoms with Crippen LogP contribution in [0.2, 0.25) is 5.02 Å². The minimum Gasteiger partial charge on any atom is -0.457 e. The average Bonchev–Trinajstić information content (AvgIpc) is 2.46. The normalized spacial score (nSPS) is 11.6. The van der Waals surface area contributed by atoms with Crippen LogP contribution in [0.15, 0.2) is 48.5 Å². The molecule has 0 aliphatic carbocycles. The van der Waals surface area contributed by atoms with Crippen LogP contribution in [0.5, 0.6) is 5.75 Å². The highest BCUT2D eigenvalue weighted by atomic mass is 35.5. The largest absolute Gasteiger partial charge is 0.457 e. The molecule has 120 valence electrons. The molecule has 5 heteroatoms. The average molecular weight is 333 g/mol. The Hall–Kier alpha value is -2.33. The van der Waals surface area contributed by atoms with Crippen LogP contribution >= 0.6 is 11.6 Å². The van der Waals surface area contributed by atoms with Gasteiger partial charge in [0.1, 0.15) is 11.9 Å². The second-order valence-corrected chi connectivity index (χ2v) is 5.53. The zero-order valence-corrected chi connectivity index (χ0v) is 13.7. The molecule has 0 bridgehead atoms. The Labute approximate surface area is 140 Å². The van der Waals surface area contributed by atoms with Gasteiger partial charge in [0.15, 0.2) is 0 Å². The van der Waals surface area contributed by atoms with Crippen molar-refractivity contribution in [2.75, 3.05) is 0 Å². The zero-order valence-electron chi connectivity index (χ0n) is 12.9. The number of esters is 2. The molecular weight excluding hydrogens is 316 g/mol. The molecule has 0 N–H and O–H groups in total. The molecule has 4 nitrogen and oxygen atoms in total. The van der Waals surface area contributed by atoms with Crippen molar-refractivity contribution in [1.29, 1.82) is 0 Å². The maximum absolute atomic E-state index is 11.4. The van der Waals surface area contributed by atoms with Gasteiger partial charge in [0.25, 0.3) is 0 Å². The first-order valence-corrected chi connectivity index (χ1v) is 7.52.